The van der Waals surface area contributed by atoms with E-state index >= 15 is 0 Å². The summed E-state index contributed by atoms with van der Waals surface area (Å²) in [6.07, 6.45) is 1.58. The fraction of sp³-hybridized carbons (Fsp3) is 0.188. The van der Waals surface area contributed by atoms with Gasteiger partial charge in [0.1, 0.15) is 13.2 Å². The van der Waals surface area contributed by atoms with Gasteiger partial charge in [0.2, 0.25) is 0 Å². The summed E-state index contributed by atoms with van der Waals surface area (Å²) in [5.41, 5.74) is 1.23. The third-order valence-corrected chi connectivity index (χ3v) is 3.17. The van der Waals surface area contributed by atoms with Crippen molar-refractivity contribution in [2.24, 2.45) is 0 Å². The molecule has 3 rings (SSSR count). The van der Waals surface area contributed by atoms with Crippen molar-refractivity contribution < 1.29 is 19.1 Å². The zero-order valence-electron chi connectivity index (χ0n) is 12.9. The first-order chi connectivity index (χ1) is 11.6. The highest BCUT2D eigenvalue weighted by Gasteiger charge is 2.16. The van der Waals surface area contributed by atoms with Crippen LogP contribution in [0.3, 0.4) is 0 Å². The molecule has 0 bridgehead atoms. The maximum Gasteiger partial charge on any atom is 0.378 e. The van der Waals surface area contributed by atoms with E-state index in [1.807, 2.05) is 6.92 Å². The smallest absolute Gasteiger partial charge is 0.378 e. The molecule has 0 amide bonds. The number of esters is 2. The van der Waals surface area contributed by atoms with Gasteiger partial charge in [-0.05, 0) is 25.1 Å². The third-order valence-electron chi connectivity index (χ3n) is 3.17. The molecular formula is C16H14N4O4. The summed E-state index contributed by atoms with van der Waals surface area (Å²) in [6, 6.07) is 10.3. The summed E-state index contributed by atoms with van der Waals surface area (Å²) >= 11 is 0. The van der Waals surface area contributed by atoms with Gasteiger partial charge < -0.3 is 9.47 Å². The molecule has 24 heavy (non-hydrogen) atoms. The van der Waals surface area contributed by atoms with Crippen LogP contribution in [0.15, 0.2) is 42.6 Å². The van der Waals surface area contributed by atoms with Crippen molar-refractivity contribution in [1.29, 1.82) is 0 Å². The van der Waals surface area contributed by atoms with Gasteiger partial charge in [-0.1, -0.05) is 18.2 Å². The van der Waals surface area contributed by atoms with Gasteiger partial charge in [0, 0.05) is 11.9 Å². The Labute approximate surface area is 137 Å². The van der Waals surface area contributed by atoms with E-state index in [1.54, 1.807) is 42.6 Å². The van der Waals surface area contributed by atoms with Crippen molar-refractivity contribution in [2.45, 2.75) is 6.92 Å². The van der Waals surface area contributed by atoms with Crippen molar-refractivity contribution in [3.05, 3.63) is 59.7 Å². The fourth-order valence-electron chi connectivity index (χ4n) is 1.98. The lowest BCUT2D eigenvalue weighted by molar-refractivity contribution is 0.0258. The van der Waals surface area contributed by atoms with E-state index in [-0.39, 0.29) is 19.0 Å². The largest absolute Gasteiger partial charge is 0.458 e. The Kier molecular flexibility index (Phi) is 4.46. The van der Waals surface area contributed by atoms with Crippen molar-refractivity contribution in [3.8, 4) is 0 Å². The molecule has 122 valence electrons. The topological polar surface area (TPSA) is 95.7 Å². The number of hydrogen-bond acceptors (Lipinski definition) is 7. The number of nitrogens with zero attached hydrogens (tertiary/aromatic N) is 4. The Morgan fingerprint density at radius 3 is 2.46 bits per heavy atom. The van der Waals surface area contributed by atoms with Crippen LogP contribution in [0.25, 0.3) is 5.78 Å². The first-order valence-electron chi connectivity index (χ1n) is 7.23. The number of carbonyl (C=O) groups is 2. The lowest BCUT2D eigenvalue weighted by atomic mass is 10.2. The minimum absolute atomic E-state index is 0.0515. The van der Waals surface area contributed by atoms with Crippen LogP contribution in [0, 0.1) is 6.92 Å². The zero-order chi connectivity index (χ0) is 16.9. The summed E-state index contributed by atoms with van der Waals surface area (Å²) in [5, 5.41) is 4.03. The van der Waals surface area contributed by atoms with Gasteiger partial charge >= 0.3 is 11.9 Å². The summed E-state index contributed by atoms with van der Waals surface area (Å²) in [5.74, 6) is -0.948. The van der Waals surface area contributed by atoms with Gasteiger partial charge in [-0.25, -0.2) is 19.1 Å². The van der Waals surface area contributed by atoms with E-state index in [9.17, 15) is 9.59 Å². The predicted octanol–water partition coefficient (Wildman–Crippen LogP) is 1.45. The molecule has 8 nitrogen and oxygen atoms in total. The normalized spacial score (nSPS) is 10.5. The van der Waals surface area contributed by atoms with Gasteiger partial charge in [-0.15, -0.1) is 5.10 Å². The van der Waals surface area contributed by atoms with Crippen LogP contribution in [0.2, 0.25) is 0 Å². The van der Waals surface area contributed by atoms with E-state index < -0.39 is 11.9 Å². The maximum absolute atomic E-state index is 11.9. The molecule has 0 aliphatic carbocycles. The first kappa shape index (κ1) is 15.6. The van der Waals surface area contributed by atoms with Crippen molar-refractivity contribution in [1.82, 2.24) is 19.6 Å². The quantitative estimate of drug-likeness (QED) is 0.517. The molecule has 0 unspecified atom stereocenters. The third kappa shape index (κ3) is 3.37. The SMILES string of the molecule is Cc1ccnc2nc(C(=O)OCCOC(=O)c3ccccc3)nn12. The molecule has 0 N–H and O–H groups in total. The number of carbonyl (C=O) groups excluding carboxylic acids is 2. The van der Waals surface area contributed by atoms with Gasteiger partial charge in [0.25, 0.3) is 11.6 Å². The van der Waals surface area contributed by atoms with Crippen LogP contribution < -0.4 is 0 Å². The number of rotatable bonds is 5. The molecule has 0 radical (unpaired) electrons. The minimum atomic E-state index is -0.698. The monoisotopic (exact) mass is 326 g/mol. The standard InChI is InChI=1S/C16H14N4O4/c1-11-7-8-17-16-18-13(19-20(11)16)15(22)24-10-9-23-14(21)12-5-3-2-4-6-12/h2-8H,9-10H2,1H3. The highest BCUT2D eigenvalue weighted by atomic mass is 16.6. The molecule has 0 saturated heterocycles. The average molecular weight is 326 g/mol. The molecular weight excluding hydrogens is 312 g/mol. The second-order valence-corrected chi connectivity index (χ2v) is 4.87. The minimum Gasteiger partial charge on any atom is -0.458 e. The molecule has 3 aromatic rings. The maximum atomic E-state index is 11.9. The second kappa shape index (κ2) is 6.86. The zero-order valence-corrected chi connectivity index (χ0v) is 12.9. The summed E-state index contributed by atoms with van der Waals surface area (Å²) in [7, 11) is 0. The van der Waals surface area contributed by atoms with Crippen molar-refractivity contribution >= 4 is 17.7 Å². The number of benzene rings is 1. The van der Waals surface area contributed by atoms with E-state index in [4.69, 9.17) is 9.47 Å². The molecule has 0 aliphatic rings. The lowest BCUT2D eigenvalue weighted by Gasteiger charge is -2.05. The van der Waals surface area contributed by atoms with Crippen molar-refractivity contribution in [3.63, 3.8) is 0 Å². The highest BCUT2D eigenvalue weighted by molar-refractivity contribution is 5.89. The summed E-state index contributed by atoms with van der Waals surface area (Å²) < 4.78 is 11.5. The Hall–Kier alpha value is -3.29. The Balaban J connectivity index is 1.52. The van der Waals surface area contributed by atoms with Crippen LogP contribution in [0.4, 0.5) is 0 Å². The van der Waals surface area contributed by atoms with E-state index in [2.05, 4.69) is 15.1 Å². The van der Waals surface area contributed by atoms with Gasteiger partial charge in [-0.3, -0.25) is 0 Å². The number of ether oxygens (including phenoxy) is 2. The van der Waals surface area contributed by atoms with Crippen LogP contribution >= 0.6 is 0 Å². The van der Waals surface area contributed by atoms with Crippen molar-refractivity contribution in [2.75, 3.05) is 13.2 Å². The molecule has 1 aromatic carbocycles. The Morgan fingerprint density at radius 2 is 1.75 bits per heavy atom. The lowest BCUT2D eigenvalue weighted by Crippen LogP contribution is -2.15. The molecule has 2 heterocycles. The predicted molar refractivity (Wildman–Crippen MR) is 82.5 cm³/mol. The molecule has 0 fully saturated rings. The molecule has 0 spiro atoms. The first-order valence-corrected chi connectivity index (χ1v) is 7.23. The van der Waals surface area contributed by atoms with Crippen LogP contribution in [0.1, 0.15) is 26.7 Å². The number of aryl methyl sites for hydroxylation is 1. The molecule has 0 aliphatic heterocycles. The molecule has 2 aromatic heterocycles. The van der Waals surface area contributed by atoms with Crippen LogP contribution in [0.5, 0.6) is 0 Å². The number of aromatic nitrogens is 4. The molecule has 0 saturated carbocycles. The van der Waals surface area contributed by atoms with Crippen LogP contribution in [-0.4, -0.2) is 44.7 Å². The average Bonchev–Trinajstić information content (AvgIpc) is 3.05. The fourth-order valence-corrected chi connectivity index (χ4v) is 1.98. The summed E-state index contributed by atoms with van der Waals surface area (Å²) in [4.78, 5) is 31.6. The highest BCUT2D eigenvalue weighted by Crippen LogP contribution is 2.04. The Morgan fingerprint density at radius 1 is 1.04 bits per heavy atom. The van der Waals surface area contributed by atoms with E-state index in [1.165, 1.54) is 4.52 Å². The molecule has 0 atom stereocenters. The Bertz CT molecular complexity index is 876. The molecule has 8 heteroatoms. The van der Waals surface area contributed by atoms with Gasteiger partial charge in [0.05, 0.1) is 5.56 Å². The second-order valence-electron chi connectivity index (χ2n) is 4.87. The van der Waals surface area contributed by atoms with Crippen LogP contribution in [-0.2, 0) is 9.47 Å². The van der Waals surface area contributed by atoms with E-state index in [0.29, 0.717) is 11.3 Å². The number of fused-ring (bicyclic) bond motifs is 1. The number of hydrogen-bond donors (Lipinski definition) is 0. The van der Waals surface area contributed by atoms with E-state index in [0.717, 1.165) is 5.69 Å². The van der Waals surface area contributed by atoms with Gasteiger partial charge in [0.15, 0.2) is 0 Å². The van der Waals surface area contributed by atoms with Gasteiger partial charge in [-0.2, -0.15) is 4.98 Å². The summed E-state index contributed by atoms with van der Waals surface area (Å²) in [6.45, 7) is 1.69.